The number of hydrogen-bond donors (Lipinski definition) is 1. The Morgan fingerprint density at radius 3 is 2.56 bits per heavy atom. The van der Waals surface area contributed by atoms with Crippen molar-refractivity contribution in [3.05, 3.63) is 42.7 Å². The third-order valence-electron chi connectivity index (χ3n) is 4.25. The van der Waals surface area contributed by atoms with E-state index in [4.69, 9.17) is 4.74 Å². The monoisotopic (exact) mass is 341 g/mol. The molecule has 1 aromatic heterocycles. The van der Waals surface area contributed by atoms with E-state index < -0.39 is 0 Å². The number of para-hydroxylation sites is 2. The Kier molecular flexibility index (Phi) is 5.66. The van der Waals surface area contributed by atoms with Gasteiger partial charge in [0.25, 0.3) is 0 Å². The molecule has 0 radical (unpaired) electrons. The lowest BCUT2D eigenvalue weighted by molar-refractivity contribution is -0.131. The SMILES string of the molecule is COc1ccccc1N1CCN(C(=O)CCNc2ncccn2)CC1. The Hall–Kier alpha value is -2.83. The molecule has 0 bridgehead atoms. The third kappa shape index (κ3) is 4.37. The minimum absolute atomic E-state index is 0.156. The van der Waals surface area contributed by atoms with Crippen LogP contribution in [0.1, 0.15) is 6.42 Å². The molecule has 7 nitrogen and oxygen atoms in total. The number of aromatic nitrogens is 2. The number of amides is 1. The lowest BCUT2D eigenvalue weighted by Gasteiger charge is -2.36. The first-order chi connectivity index (χ1) is 12.3. The van der Waals surface area contributed by atoms with E-state index >= 15 is 0 Å². The fourth-order valence-electron chi connectivity index (χ4n) is 2.92. The van der Waals surface area contributed by atoms with Gasteiger partial charge in [-0.15, -0.1) is 0 Å². The van der Waals surface area contributed by atoms with Crippen LogP contribution in [0.15, 0.2) is 42.7 Å². The number of rotatable bonds is 6. The maximum atomic E-state index is 12.4. The third-order valence-corrected chi connectivity index (χ3v) is 4.25. The van der Waals surface area contributed by atoms with Crippen LogP contribution >= 0.6 is 0 Å². The number of anilines is 2. The highest BCUT2D eigenvalue weighted by molar-refractivity contribution is 5.77. The van der Waals surface area contributed by atoms with Gasteiger partial charge in [-0.1, -0.05) is 12.1 Å². The Balaban J connectivity index is 1.46. The topological polar surface area (TPSA) is 70.6 Å². The maximum absolute atomic E-state index is 12.4. The van der Waals surface area contributed by atoms with Crippen LogP contribution in [0.25, 0.3) is 0 Å². The van der Waals surface area contributed by atoms with E-state index in [0.717, 1.165) is 37.6 Å². The summed E-state index contributed by atoms with van der Waals surface area (Å²) in [5.41, 5.74) is 1.08. The Morgan fingerprint density at radius 1 is 1.12 bits per heavy atom. The molecule has 7 heteroatoms. The van der Waals surface area contributed by atoms with E-state index in [1.807, 2.05) is 23.1 Å². The molecule has 1 aliphatic heterocycles. The van der Waals surface area contributed by atoms with Crippen LogP contribution in [-0.2, 0) is 4.79 Å². The molecular weight excluding hydrogens is 318 g/mol. The van der Waals surface area contributed by atoms with Crippen LogP contribution in [0.4, 0.5) is 11.6 Å². The molecule has 1 saturated heterocycles. The summed E-state index contributed by atoms with van der Waals surface area (Å²) in [6.45, 7) is 3.59. The molecule has 1 aliphatic rings. The van der Waals surface area contributed by atoms with Gasteiger partial charge in [0.05, 0.1) is 12.8 Å². The molecule has 1 N–H and O–H groups in total. The number of carbonyl (C=O) groups excluding carboxylic acids is 1. The first kappa shape index (κ1) is 17.0. The highest BCUT2D eigenvalue weighted by atomic mass is 16.5. The molecule has 0 atom stereocenters. The smallest absolute Gasteiger partial charge is 0.224 e. The van der Waals surface area contributed by atoms with Gasteiger partial charge >= 0.3 is 0 Å². The molecule has 25 heavy (non-hydrogen) atoms. The number of benzene rings is 1. The normalized spacial score (nSPS) is 14.3. The van der Waals surface area contributed by atoms with Gasteiger partial charge in [0, 0.05) is 51.5 Å². The molecule has 1 fully saturated rings. The lowest BCUT2D eigenvalue weighted by atomic mass is 10.2. The van der Waals surface area contributed by atoms with Gasteiger partial charge in [0.2, 0.25) is 11.9 Å². The van der Waals surface area contributed by atoms with Crippen molar-refractivity contribution >= 4 is 17.5 Å². The van der Waals surface area contributed by atoms with Gasteiger partial charge in [0.1, 0.15) is 5.75 Å². The summed E-state index contributed by atoms with van der Waals surface area (Å²) >= 11 is 0. The van der Waals surface area contributed by atoms with Crippen molar-refractivity contribution in [2.24, 2.45) is 0 Å². The minimum Gasteiger partial charge on any atom is -0.495 e. The van der Waals surface area contributed by atoms with Crippen LogP contribution in [0.5, 0.6) is 5.75 Å². The second-order valence-corrected chi connectivity index (χ2v) is 5.79. The summed E-state index contributed by atoms with van der Waals surface area (Å²) in [6.07, 6.45) is 3.79. The van der Waals surface area contributed by atoms with Gasteiger partial charge in [0.15, 0.2) is 0 Å². The molecule has 2 aromatic rings. The summed E-state index contributed by atoms with van der Waals surface area (Å²) in [6, 6.07) is 9.75. The zero-order valence-corrected chi connectivity index (χ0v) is 14.4. The predicted molar refractivity (Wildman–Crippen MR) is 96.9 cm³/mol. The Labute approximate surface area is 147 Å². The largest absolute Gasteiger partial charge is 0.495 e. The lowest BCUT2D eigenvalue weighted by Crippen LogP contribution is -2.49. The van der Waals surface area contributed by atoms with Crippen molar-refractivity contribution < 1.29 is 9.53 Å². The van der Waals surface area contributed by atoms with Crippen molar-refractivity contribution in [2.45, 2.75) is 6.42 Å². The fourth-order valence-corrected chi connectivity index (χ4v) is 2.92. The van der Waals surface area contributed by atoms with Crippen molar-refractivity contribution in [2.75, 3.05) is 50.1 Å². The van der Waals surface area contributed by atoms with Crippen molar-refractivity contribution in [3.8, 4) is 5.75 Å². The number of ether oxygens (including phenoxy) is 1. The van der Waals surface area contributed by atoms with Crippen LogP contribution < -0.4 is 15.0 Å². The van der Waals surface area contributed by atoms with Gasteiger partial charge in [-0.25, -0.2) is 9.97 Å². The number of hydrogen-bond acceptors (Lipinski definition) is 6. The van der Waals surface area contributed by atoms with Crippen LogP contribution in [0.2, 0.25) is 0 Å². The first-order valence-electron chi connectivity index (χ1n) is 8.44. The van der Waals surface area contributed by atoms with E-state index in [1.165, 1.54) is 0 Å². The number of carbonyl (C=O) groups is 1. The quantitative estimate of drug-likeness (QED) is 0.861. The van der Waals surface area contributed by atoms with Gasteiger partial charge in [-0.05, 0) is 18.2 Å². The van der Waals surface area contributed by atoms with E-state index in [1.54, 1.807) is 25.6 Å². The van der Waals surface area contributed by atoms with E-state index in [9.17, 15) is 4.79 Å². The molecule has 3 rings (SSSR count). The van der Waals surface area contributed by atoms with Gasteiger partial charge < -0.3 is 19.9 Å². The average Bonchev–Trinajstić information content (AvgIpc) is 2.69. The van der Waals surface area contributed by atoms with Crippen molar-refractivity contribution in [1.29, 1.82) is 0 Å². The van der Waals surface area contributed by atoms with Crippen LogP contribution in [0, 0.1) is 0 Å². The molecular formula is C18H23N5O2. The maximum Gasteiger partial charge on any atom is 0.224 e. The minimum atomic E-state index is 0.156. The molecule has 132 valence electrons. The molecule has 2 heterocycles. The summed E-state index contributed by atoms with van der Waals surface area (Å²) in [4.78, 5) is 24.7. The molecule has 0 saturated carbocycles. The second kappa shape index (κ2) is 8.32. The predicted octanol–water partition coefficient (Wildman–Crippen LogP) is 1.64. The summed E-state index contributed by atoms with van der Waals surface area (Å²) in [5, 5.41) is 3.07. The zero-order valence-electron chi connectivity index (χ0n) is 14.4. The highest BCUT2D eigenvalue weighted by Gasteiger charge is 2.22. The van der Waals surface area contributed by atoms with E-state index in [-0.39, 0.29) is 5.91 Å². The number of nitrogens with one attached hydrogen (secondary N) is 1. The molecule has 1 amide bonds. The Morgan fingerprint density at radius 2 is 1.84 bits per heavy atom. The number of methoxy groups -OCH3 is 1. The van der Waals surface area contributed by atoms with Crippen molar-refractivity contribution in [1.82, 2.24) is 14.9 Å². The number of piperazine rings is 1. The standard InChI is InChI=1S/C18H23N5O2/c1-25-16-6-3-2-5-15(16)22-11-13-23(14-12-22)17(24)7-10-21-18-19-8-4-9-20-18/h2-6,8-9H,7,10-14H2,1H3,(H,19,20,21). The van der Waals surface area contributed by atoms with Crippen LogP contribution in [0.3, 0.4) is 0 Å². The second-order valence-electron chi connectivity index (χ2n) is 5.79. The highest BCUT2D eigenvalue weighted by Crippen LogP contribution is 2.28. The Bertz CT molecular complexity index is 687. The molecule has 1 aromatic carbocycles. The molecule has 0 aliphatic carbocycles. The summed E-state index contributed by atoms with van der Waals surface area (Å²) < 4.78 is 5.43. The fraction of sp³-hybridized carbons (Fsp3) is 0.389. The average molecular weight is 341 g/mol. The van der Waals surface area contributed by atoms with E-state index in [0.29, 0.717) is 18.9 Å². The van der Waals surface area contributed by atoms with E-state index in [2.05, 4.69) is 26.3 Å². The number of nitrogens with zero attached hydrogens (tertiary/aromatic N) is 4. The molecule has 0 spiro atoms. The molecule has 0 unspecified atom stereocenters. The zero-order chi connectivity index (χ0) is 17.5. The first-order valence-corrected chi connectivity index (χ1v) is 8.44. The summed E-state index contributed by atoms with van der Waals surface area (Å²) in [7, 11) is 1.68. The van der Waals surface area contributed by atoms with Gasteiger partial charge in [-0.2, -0.15) is 0 Å². The van der Waals surface area contributed by atoms with Crippen molar-refractivity contribution in [3.63, 3.8) is 0 Å². The van der Waals surface area contributed by atoms with Crippen LogP contribution in [-0.4, -0.2) is 60.6 Å². The summed E-state index contributed by atoms with van der Waals surface area (Å²) in [5.74, 6) is 1.58. The van der Waals surface area contributed by atoms with Gasteiger partial charge in [-0.3, -0.25) is 4.79 Å².